The van der Waals surface area contributed by atoms with Crippen molar-refractivity contribution in [3.63, 3.8) is 0 Å². The third-order valence-corrected chi connectivity index (χ3v) is 2.27. The Kier molecular flexibility index (Phi) is 4.60. The highest BCUT2D eigenvalue weighted by Gasteiger charge is 2.16. The summed E-state index contributed by atoms with van der Waals surface area (Å²) in [5, 5.41) is 2.55. The molecule has 1 aromatic carbocycles. The van der Waals surface area contributed by atoms with E-state index < -0.39 is 6.04 Å². The number of Topliss-reactive ketones (excluding diaryl/α,β-unsaturated/α-hetero) is 1. The van der Waals surface area contributed by atoms with Crippen molar-refractivity contribution in [1.29, 1.82) is 0 Å². The number of benzene rings is 1. The van der Waals surface area contributed by atoms with Crippen LogP contribution in [0.3, 0.4) is 0 Å². The van der Waals surface area contributed by atoms with E-state index in [9.17, 15) is 9.59 Å². The molecule has 0 spiro atoms. The summed E-state index contributed by atoms with van der Waals surface area (Å²) in [7, 11) is 0. The fourth-order valence-corrected chi connectivity index (χ4v) is 1.26. The second-order valence-corrected chi connectivity index (χ2v) is 3.83. The summed E-state index contributed by atoms with van der Waals surface area (Å²) in [4.78, 5) is 23.1. The Bertz CT molecular complexity index is 426. The first kappa shape index (κ1) is 13.1. The number of nitrogens with two attached hydrogens (primary N) is 1. The highest BCUT2D eigenvalue weighted by atomic mass is 16.2. The van der Waals surface area contributed by atoms with Crippen LogP contribution >= 0.6 is 0 Å². The lowest BCUT2D eigenvalue weighted by Gasteiger charge is -2.11. The molecule has 0 saturated carbocycles. The van der Waals surface area contributed by atoms with Crippen molar-refractivity contribution in [2.45, 2.75) is 13.0 Å². The lowest BCUT2D eigenvalue weighted by atomic mass is 10.1. The Morgan fingerprint density at radius 1 is 1.35 bits per heavy atom. The maximum absolute atomic E-state index is 11.8. The van der Waals surface area contributed by atoms with Gasteiger partial charge in [-0.3, -0.25) is 9.59 Å². The minimum absolute atomic E-state index is 0.111. The second-order valence-electron chi connectivity index (χ2n) is 3.83. The first-order valence-corrected chi connectivity index (χ1v) is 5.31. The first-order valence-electron chi connectivity index (χ1n) is 5.31. The Morgan fingerprint density at radius 3 is 2.47 bits per heavy atom. The van der Waals surface area contributed by atoms with Crippen LogP contribution in [0.5, 0.6) is 0 Å². The predicted octanol–water partition coefficient (Wildman–Crippen LogP) is 0.889. The third kappa shape index (κ3) is 3.85. The van der Waals surface area contributed by atoms with Crippen molar-refractivity contribution in [2.75, 3.05) is 6.54 Å². The smallest absolute Gasteiger partial charge is 0.246 e. The molecule has 3 N–H and O–H groups in total. The Labute approximate surface area is 101 Å². The van der Waals surface area contributed by atoms with Gasteiger partial charge in [0.15, 0.2) is 5.78 Å². The minimum Gasteiger partial charge on any atom is -0.350 e. The Morgan fingerprint density at radius 2 is 1.94 bits per heavy atom. The number of nitrogens with one attached hydrogen (secondary N) is 1. The Hall–Kier alpha value is -1.94. The molecule has 1 aromatic rings. The highest BCUT2D eigenvalue weighted by molar-refractivity contribution is 6.00. The van der Waals surface area contributed by atoms with E-state index in [1.165, 1.54) is 0 Å². The number of amides is 1. The molecule has 0 heterocycles. The lowest BCUT2D eigenvalue weighted by Crippen LogP contribution is -2.42. The monoisotopic (exact) mass is 232 g/mol. The lowest BCUT2D eigenvalue weighted by molar-refractivity contribution is -0.117. The second kappa shape index (κ2) is 5.96. The van der Waals surface area contributed by atoms with Gasteiger partial charge in [0.1, 0.15) is 0 Å². The van der Waals surface area contributed by atoms with Gasteiger partial charge in [-0.1, -0.05) is 36.9 Å². The maximum atomic E-state index is 11.8. The van der Waals surface area contributed by atoms with Crippen molar-refractivity contribution in [3.8, 4) is 0 Å². The fourth-order valence-electron chi connectivity index (χ4n) is 1.26. The van der Waals surface area contributed by atoms with E-state index in [0.29, 0.717) is 11.1 Å². The summed E-state index contributed by atoms with van der Waals surface area (Å²) < 4.78 is 0. The summed E-state index contributed by atoms with van der Waals surface area (Å²) in [6.45, 7) is 5.21. The number of ketones is 1. The zero-order valence-electron chi connectivity index (χ0n) is 9.77. The van der Waals surface area contributed by atoms with Crippen LogP contribution in [0.25, 0.3) is 0 Å². The van der Waals surface area contributed by atoms with E-state index in [-0.39, 0.29) is 18.2 Å². The molecule has 0 bridgehead atoms. The molecule has 1 unspecified atom stereocenters. The van der Waals surface area contributed by atoms with Crippen LogP contribution in [-0.4, -0.2) is 24.3 Å². The zero-order valence-corrected chi connectivity index (χ0v) is 9.77. The van der Waals surface area contributed by atoms with Gasteiger partial charge in [0, 0.05) is 17.7 Å². The molecule has 0 fully saturated rings. The summed E-state index contributed by atoms with van der Waals surface area (Å²) in [6, 6.07) is 8.02. The van der Waals surface area contributed by atoms with Crippen molar-refractivity contribution in [2.24, 2.45) is 5.73 Å². The first-order chi connectivity index (χ1) is 8.02. The molecule has 0 aliphatic heterocycles. The van der Waals surface area contributed by atoms with Crippen LogP contribution in [0.1, 0.15) is 17.3 Å². The zero-order chi connectivity index (χ0) is 12.8. The van der Waals surface area contributed by atoms with Crippen molar-refractivity contribution in [1.82, 2.24) is 5.32 Å². The summed E-state index contributed by atoms with van der Waals surface area (Å²) in [5.41, 5.74) is 6.64. The number of hydrogen-bond acceptors (Lipinski definition) is 3. The normalized spacial score (nSPS) is 11.6. The summed E-state index contributed by atoms with van der Waals surface area (Å²) in [6.07, 6.45) is 0. The third-order valence-electron chi connectivity index (χ3n) is 2.27. The average Bonchev–Trinajstić information content (AvgIpc) is 2.35. The predicted molar refractivity (Wildman–Crippen MR) is 66.6 cm³/mol. The standard InChI is InChI=1S/C13H16N2O2/c1-9(2)13(17)15-8-11(14)12(16)10-6-4-3-5-7-10/h3-7,11H,1,8,14H2,2H3,(H,15,17). The number of carbonyl (C=O) groups is 2. The van der Waals surface area contributed by atoms with Gasteiger partial charge in [0.25, 0.3) is 0 Å². The number of rotatable bonds is 5. The van der Waals surface area contributed by atoms with Gasteiger partial charge in [-0.2, -0.15) is 0 Å². The van der Waals surface area contributed by atoms with Gasteiger partial charge in [-0.15, -0.1) is 0 Å². The topological polar surface area (TPSA) is 72.2 Å². The van der Waals surface area contributed by atoms with Gasteiger partial charge in [-0.25, -0.2) is 0 Å². The van der Waals surface area contributed by atoms with E-state index >= 15 is 0 Å². The van der Waals surface area contributed by atoms with Gasteiger partial charge < -0.3 is 11.1 Å². The molecule has 0 aromatic heterocycles. The molecule has 1 rings (SSSR count). The molecule has 0 saturated heterocycles. The van der Waals surface area contributed by atoms with Crippen LogP contribution in [0.2, 0.25) is 0 Å². The molecule has 0 radical (unpaired) electrons. The van der Waals surface area contributed by atoms with Crippen LogP contribution in [0.4, 0.5) is 0 Å². The quantitative estimate of drug-likeness (QED) is 0.585. The van der Waals surface area contributed by atoms with Gasteiger partial charge in [0.2, 0.25) is 5.91 Å². The SMILES string of the molecule is C=C(C)C(=O)NCC(N)C(=O)c1ccccc1. The highest BCUT2D eigenvalue weighted by Crippen LogP contribution is 2.01. The molecule has 1 amide bonds. The van der Waals surface area contributed by atoms with E-state index in [1.54, 1.807) is 31.2 Å². The molecular formula is C13H16N2O2. The van der Waals surface area contributed by atoms with Crippen molar-refractivity contribution < 1.29 is 9.59 Å². The van der Waals surface area contributed by atoms with Crippen LogP contribution in [0.15, 0.2) is 42.5 Å². The number of carbonyl (C=O) groups excluding carboxylic acids is 2. The van der Waals surface area contributed by atoms with E-state index in [1.807, 2.05) is 6.07 Å². The van der Waals surface area contributed by atoms with Gasteiger partial charge in [-0.05, 0) is 6.92 Å². The molecule has 17 heavy (non-hydrogen) atoms. The van der Waals surface area contributed by atoms with Gasteiger partial charge >= 0.3 is 0 Å². The summed E-state index contributed by atoms with van der Waals surface area (Å²) in [5.74, 6) is -0.478. The fraction of sp³-hybridized carbons (Fsp3) is 0.231. The average molecular weight is 232 g/mol. The molecule has 0 aliphatic carbocycles. The van der Waals surface area contributed by atoms with E-state index in [0.717, 1.165) is 0 Å². The van der Waals surface area contributed by atoms with Crippen molar-refractivity contribution >= 4 is 11.7 Å². The molecular weight excluding hydrogens is 216 g/mol. The van der Waals surface area contributed by atoms with E-state index in [2.05, 4.69) is 11.9 Å². The molecule has 1 atom stereocenters. The van der Waals surface area contributed by atoms with Crippen LogP contribution in [0, 0.1) is 0 Å². The largest absolute Gasteiger partial charge is 0.350 e. The molecule has 90 valence electrons. The van der Waals surface area contributed by atoms with E-state index in [4.69, 9.17) is 5.73 Å². The maximum Gasteiger partial charge on any atom is 0.246 e. The molecule has 0 aliphatic rings. The Balaban J connectivity index is 2.54. The number of hydrogen-bond donors (Lipinski definition) is 2. The van der Waals surface area contributed by atoms with Crippen molar-refractivity contribution in [3.05, 3.63) is 48.0 Å². The molecule has 4 nitrogen and oxygen atoms in total. The van der Waals surface area contributed by atoms with Crippen LogP contribution < -0.4 is 11.1 Å². The molecule has 4 heteroatoms. The minimum atomic E-state index is -0.735. The van der Waals surface area contributed by atoms with Crippen LogP contribution in [-0.2, 0) is 4.79 Å². The summed E-state index contributed by atoms with van der Waals surface area (Å²) >= 11 is 0. The van der Waals surface area contributed by atoms with Gasteiger partial charge in [0.05, 0.1) is 6.04 Å².